The standard InChI is InChI=1S/C6H13NO.C4H8O/c1-6(2)5-8-4-3-7-6;1-3-4(2)5/h7H,3-5H2,1-2H3;3H2,1-2H3. The average molecular weight is 187 g/mol. The van der Waals surface area contributed by atoms with Gasteiger partial charge in [0.15, 0.2) is 0 Å². The van der Waals surface area contributed by atoms with E-state index in [0.717, 1.165) is 19.8 Å². The molecular weight excluding hydrogens is 166 g/mol. The van der Waals surface area contributed by atoms with Crippen LogP contribution >= 0.6 is 0 Å². The lowest BCUT2D eigenvalue weighted by Crippen LogP contribution is -2.49. The third kappa shape index (κ3) is 7.94. The van der Waals surface area contributed by atoms with Crippen molar-refractivity contribution in [3.8, 4) is 0 Å². The Labute approximate surface area is 80.8 Å². The smallest absolute Gasteiger partial charge is 0.129 e. The molecule has 1 rings (SSSR count). The lowest BCUT2D eigenvalue weighted by molar-refractivity contribution is -0.116. The molecule has 0 spiro atoms. The molecule has 0 bridgehead atoms. The fraction of sp³-hybridized carbons (Fsp3) is 0.900. The van der Waals surface area contributed by atoms with Crippen molar-refractivity contribution in [1.82, 2.24) is 5.32 Å². The fourth-order valence-corrected chi connectivity index (χ4v) is 0.840. The molecule has 1 N–H and O–H groups in total. The van der Waals surface area contributed by atoms with Crippen molar-refractivity contribution in [2.75, 3.05) is 19.8 Å². The second kappa shape index (κ2) is 6.11. The summed E-state index contributed by atoms with van der Waals surface area (Å²) >= 11 is 0. The molecule has 3 heteroatoms. The minimum absolute atomic E-state index is 0.207. The van der Waals surface area contributed by atoms with Crippen LogP contribution in [0.25, 0.3) is 0 Å². The summed E-state index contributed by atoms with van der Waals surface area (Å²) in [7, 11) is 0. The van der Waals surface area contributed by atoms with E-state index in [1.54, 1.807) is 6.92 Å². The Morgan fingerprint density at radius 2 is 2.08 bits per heavy atom. The minimum Gasteiger partial charge on any atom is -0.378 e. The van der Waals surface area contributed by atoms with E-state index in [4.69, 9.17) is 4.74 Å². The van der Waals surface area contributed by atoms with Gasteiger partial charge in [0.05, 0.1) is 13.2 Å². The third-order valence-corrected chi connectivity index (χ3v) is 1.81. The molecule has 0 unspecified atom stereocenters. The Morgan fingerprint density at radius 3 is 2.23 bits per heavy atom. The highest BCUT2D eigenvalue weighted by molar-refractivity contribution is 5.74. The molecule has 0 aliphatic carbocycles. The lowest BCUT2D eigenvalue weighted by Gasteiger charge is -2.30. The van der Waals surface area contributed by atoms with Crippen LogP contribution in [0.4, 0.5) is 0 Å². The van der Waals surface area contributed by atoms with E-state index >= 15 is 0 Å². The molecule has 3 nitrogen and oxygen atoms in total. The van der Waals surface area contributed by atoms with Crippen LogP contribution in [0.15, 0.2) is 0 Å². The van der Waals surface area contributed by atoms with Crippen LogP contribution in [-0.4, -0.2) is 31.1 Å². The normalized spacial score (nSPS) is 20.0. The molecule has 78 valence electrons. The quantitative estimate of drug-likeness (QED) is 0.674. The molecule has 1 heterocycles. The van der Waals surface area contributed by atoms with Crippen LogP contribution < -0.4 is 5.32 Å². The monoisotopic (exact) mass is 187 g/mol. The molecule has 0 radical (unpaired) electrons. The summed E-state index contributed by atoms with van der Waals surface area (Å²) in [4.78, 5) is 9.81. The second-order valence-electron chi connectivity index (χ2n) is 3.92. The molecule has 0 saturated carbocycles. The van der Waals surface area contributed by atoms with Crippen molar-refractivity contribution in [1.29, 1.82) is 0 Å². The van der Waals surface area contributed by atoms with Crippen molar-refractivity contribution in [3.63, 3.8) is 0 Å². The highest BCUT2D eigenvalue weighted by Gasteiger charge is 2.19. The van der Waals surface area contributed by atoms with Gasteiger partial charge in [0.25, 0.3) is 0 Å². The van der Waals surface area contributed by atoms with Crippen molar-refractivity contribution in [2.24, 2.45) is 0 Å². The summed E-state index contributed by atoms with van der Waals surface area (Å²) in [5, 5.41) is 3.33. The van der Waals surface area contributed by atoms with Crippen molar-refractivity contribution < 1.29 is 9.53 Å². The van der Waals surface area contributed by atoms with Crippen molar-refractivity contribution in [3.05, 3.63) is 0 Å². The first kappa shape index (κ1) is 12.6. The van der Waals surface area contributed by atoms with Gasteiger partial charge in [0.1, 0.15) is 5.78 Å². The van der Waals surface area contributed by atoms with Crippen LogP contribution in [0.2, 0.25) is 0 Å². The molecule has 0 atom stereocenters. The summed E-state index contributed by atoms with van der Waals surface area (Å²) in [6, 6.07) is 0. The molecule has 1 fully saturated rings. The summed E-state index contributed by atoms with van der Waals surface area (Å²) in [5.41, 5.74) is 0.207. The number of carbonyl (C=O) groups is 1. The zero-order valence-electron chi connectivity index (χ0n) is 9.14. The molecule has 0 aromatic rings. The number of rotatable bonds is 1. The van der Waals surface area contributed by atoms with E-state index in [1.165, 1.54) is 0 Å². The van der Waals surface area contributed by atoms with Gasteiger partial charge < -0.3 is 14.8 Å². The van der Waals surface area contributed by atoms with Crippen molar-refractivity contribution >= 4 is 5.78 Å². The number of carbonyl (C=O) groups excluding carboxylic acids is 1. The number of nitrogens with one attached hydrogen (secondary N) is 1. The highest BCUT2D eigenvalue weighted by Crippen LogP contribution is 2.04. The number of hydrogen-bond acceptors (Lipinski definition) is 3. The van der Waals surface area contributed by atoms with Gasteiger partial charge in [-0.05, 0) is 20.8 Å². The molecule has 0 amide bonds. The number of ketones is 1. The zero-order chi connectivity index (χ0) is 10.3. The number of ether oxygens (including phenoxy) is 1. The molecular formula is C10H21NO2. The molecule has 13 heavy (non-hydrogen) atoms. The molecule has 1 saturated heterocycles. The van der Waals surface area contributed by atoms with E-state index in [2.05, 4.69) is 19.2 Å². The van der Waals surface area contributed by atoms with E-state index in [1.807, 2.05) is 6.92 Å². The van der Waals surface area contributed by atoms with E-state index in [9.17, 15) is 4.79 Å². The van der Waals surface area contributed by atoms with Crippen LogP contribution in [0.3, 0.4) is 0 Å². The van der Waals surface area contributed by atoms with Gasteiger partial charge in [0, 0.05) is 18.5 Å². The van der Waals surface area contributed by atoms with E-state index in [0.29, 0.717) is 6.42 Å². The maximum Gasteiger partial charge on any atom is 0.129 e. The van der Waals surface area contributed by atoms with Gasteiger partial charge in [-0.15, -0.1) is 0 Å². The predicted octanol–water partition coefficient (Wildman–Crippen LogP) is 1.37. The summed E-state index contributed by atoms with van der Waals surface area (Å²) in [5.74, 6) is 0.255. The van der Waals surface area contributed by atoms with Gasteiger partial charge in [0.2, 0.25) is 0 Å². The van der Waals surface area contributed by atoms with E-state index < -0.39 is 0 Å². The topological polar surface area (TPSA) is 38.3 Å². The van der Waals surface area contributed by atoms with Gasteiger partial charge in [-0.25, -0.2) is 0 Å². The SMILES string of the molecule is CC1(C)COCCN1.CCC(C)=O. The van der Waals surface area contributed by atoms with Gasteiger partial charge in [-0.2, -0.15) is 0 Å². The van der Waals surface area contributed by atoms with Crippen LogP contribution in [0, 0.1) is 0 Å². The maximum atomic E-state index is 9.81. The first-order valence-electron chi connectivity index (χ1n) is 4.80. The van der Waals surface area contributed by atoms with Crippen LogP contribution in [0.1, 0.15) is 34.1 Å². The Hall–Kier alpha value is -0.410. The van der Waals surface area contributed by atoms with E-state index in [-0.39, 0.29) is 11.3 Å². The molecule has 1 aliphatic rings. The average Bonchev–Trinajstić information content (AvgIpc) is 2.05. The number of hydrogen-bond donors (Lipinski definition) is 1. The largest absolute Gasteiger partial charge is 0.378 e. The Bertz CT molecular complexity index is 147. The minimum atomic E-state index is 0.207. The molecule has 0 aromatic heterocycles. The maximum absolute atomic E-state index is 9.81. The van der Waals surface area contributed by atoms with Crippen LogP contribution in [-0.2, 0) is 9.53 Å². The first-order valence-corrected chi connectivity index (χ1v) is 4.80. The Morgan fingerprint density at radius 1 is 1.54 bits per heavy atom. The first-order chi connectivity index (χ1) is 5.98. The predicted molar refractivity (Wildman–Crippen MR) is 53.9 cm³/mol. The third-order valence-electron chi connectivity index (χ3n) is 1.81. The zero-order valence-corrected chi connectivity index (χ0v) is 9.14. The molecule has 0 aromatic carbocycles. The van der Waals surface area contributed by atoms with Crippen LogP contribution in [0.5, 0.6) is 0 Å². The second-order valence-corrected chi connectivity index (χ2v) is 3.92. The lowest BCUT2D eigenvalue weighted by atomic mass is 10.1. The highest BCUT2D eigenvalue weighted by atomic mass is 16.5. The number of morpholine rings is 1. The van der Waals surface area contributed by atoms with Gasteiger partial charge in [-0.1, -0.05) is 6.92 Å². The number of Topliss-reactive ketones (excluding diaryl/α,β-unsaturated/α-hetero) is 1. The summed E-state index contributed by atoms with van der Waals surface area (Å²) in [6.45, 7) is 10.4. The Balaban J connectivity index is 0.000000252. The summed E-state index contributed by atoms with van der Waals surface area (Å²) < 4.78 is 5.22. The fourth-order valence-electron chi connectivity index (χ4n) is 0.840. The molecule has 1 aliphatic heterocycles. The van der Waals surface area contributed by atoms with Gasteiger partial charge >= 0.3 is 0 Å². The van der Waals surface area contributed by atoms with Crippen molar-refractivity contribution in [2.45, 2.75) is 39.7 Å². The van der Waals surface area contributed by atoms with Gasteiger partial charge in [-0.3, -0.25) is 0 Å². The Kier molecular flexibility index (Phi) is 5.91. The summed E-state index contributed by atoms with van der Waals surface area (Å²) in [6.07, 6.45) is 0.667.